The number of hydrogen-bond acceptors (Lipinski definition) is 2. The fraction of sp³-hybridized carbons (Fsp3) is 0.667. The maximum Gasteiger partial charge on any atom is 0.329 e. The van der Waals surface area contributed by atoms with E-state index in [4.69, 9.17) is 0 Å². The van der Waals surface area contributed by atoms with Gasteiger partial charge in [-0.05, 0) is 12.8 Å². The summed E-state index contributed by atoms with van der Waals surface area (Å²) in [4.78, 5) is 17.8. The van der Waals surface area contributed by atoms with Gasteiger partial charge in [-0.3, -0.25) is 4.57 Å². The molecule has 1 aromatic heterocycles. The van der Waals surface area contributed by atoms with E-state index < -0.39 is 0 Å². The van der Waals surface area contributed by atoms with Gasteiger partial charge in [-0.25, -0.2) is 9.78 Å². The molecule has 16 heavy (non-hydrogen) atoms. The highest BCUT2D eigenvalue weighted by molar-refractivity contribution is 5.76. The van der Waals surface area contributed by atoms with Crippen LogP contribution < -0.4 is 0 Å². The minimum atomic E-state index is 0.0203. The Morgan fingerprint density at radius 2 is 2.06 bits per heavy atom. The standard InChI is InChI=1S/C12H21N3O/c1-4-11(5-2)9-14(6-3)12(16)15-8-7-13-10-15/h7-8,10-11H,4-6,9H2,1-3H3. The number of rotatable bonds is 5. The van der Waals surface area contributed by atoms with Crippen LogP contribution in [-0.2, 0) is 0 Å². The Bertz CT molecular complexity index is 304. The molecule has 0 N–H and O–H groups in total. The maximum atomic E-state index is 12.1. The zero-order chi connectivity index (χ0) is 12.0. The number of hydrogen-bond donors (Lipinski definition) is 0. The topological polar surface area (TPSA) is 38.1 Å². The van der Waals surface area contributed by atoms with Crippen LogP contribution in [0.5, 0.6) is 0 Å². The maximum absolute atomic E-state index is 12.1. The van der Waals surface area contributed by atoms with E-state index >= 15 is 0 Å². The van der Waals surface area contributed by atoms with Gasteiger partial charge in [0.1, 0.15) is 6.33 Å². The van der Waals surface area contributed by atoms with Crippen molar-refractivity contribution in [1.82, 2.24) is 14.5 Å². The molecule has 0 aliphatic heterocycles. The predicted molar refractivity (Wildman–Crippen MR) is 64.3 cm³/mol. The number of aromatic nitrogens is 2. The van der Waals surface area contributed by atoms with Crippen molar-refractivity contribution < 1.29 is 4.79 Å². The minimum Gasteiger partial charge on any atom is -0.324 e. The van der Waals surface area contributed by atoms with E-state index in [-0.39, 0.29) is 6.03 Å². The summed E-state index contributed by atoms with van der Waals surface area (Å²) < 4.78 is 1.53. The van der Waals surface area contributed by atoms with E-state index in [1.54, 1.807) is 18.7 Å². The summed E-state index contributed by atoms with van der Waals surface area (Å²) in [5.41, 5.74) is 0. The summed E-state index contributed by atoms with van der Waals surface area (Å²) in [7, 11) is 0. The summed E-state index contributed by atoms with van der Waals surface area (Å²) in [6.07, 6.45) is 7.10. The van der Waals surface area contributed by atoms with Crippen molar-refractivity contribution in [2.75, 3.05) is 13.1 Å². The first-order valence-corrected chi connectivity index (χ1v) is 6.00. The molecule has 1 rings (SSSR count). The van der Waals surface area contributed by atoms with Gasteiger partial charge in [0.05, 0.1) is 0 Å². The van der Waals surface area contributed by atoms with Crippen LogP contribution in [0.25, 0.3) is 0 Å². The van der Waals surface area contributed by atoms with Gasteiger partial charge in [-0.1, -0.05) is 26.7 Å². The molecule has 0 bridgehead atoms. The van der Waals surface area contributed by atoms with E-state index in [1.165, 1.54) is 4.57 Å². The van der Waals surface area contributed by atoms with Crippen molar-refractivity contribution in [1.29, 1.82) is 0 Å². The van der Waals surface area contributed by atoms with Crippen LogP contribution >= 0.6 is 0 Å². The summed E-state index contributed by atoms with van der Waals surface area (Å²) in [6, 6.07) is 0.0203. The molecule has 0 aromatic carbocycles. The summed E-state index contributed by atoms with van der Waals surface area (Å²) >= 11 is 0. The van der Waals surface area contributed by atoms with E-state index in [0.29, 0.717) is 5.92 Å². The van der Waals surface area contributed by atoms with Gasteiger partial charge in [-0.15, -0.1) is 0 Å². The van der Waals surface area contributed by atoms with Gasteiger partial charge in [0.2, 0.25) is 0 Å². The average Bonchev–Trinajstić information content (AvgIpc) is 2.83. The SMILES string of the molecule is CCC(CC)CN(CC)C(=O)n1ccnc1. The second kappa shape index (κ2) is 6.30. The highest BCUT2D eigenvalue weighted by Gasteiger charge is 2.16. The summed E-state index contributed by atoms with van der Waals surface area (Å²) in [5, 5.41) is 0. The molecule has 0 atom stereocenters. The third-order valence-electron chi connectivity index (χ3n) is 3.01. The van der Waals surface area contributed by atoms with Crippen LogP contribution in [-0.4, -0.2) is 33.6 Å². The lowest BCUT2D eigenvalue weighted by Crippen LogP contribution is -2.37. The summed E-state index contributed by atoms with van der Waals surface area (Å²) in [5.74, 6) is 0.590. The second-order valence-corrected chi connectivity index (χ2v) is 3.97. The molecule has 1 amide bonds. The predicted octanol–water partition coefficient (Wildman–Crippen LogP) is 2.61. The highest BCUT2D eigenvalue weighted by atomic mass is 16.2. The molecule has 1 aromatic rings. The Labute approximate surface area is 97.3 Å². The van der Waals surface area contributed by atoms with Crippen molar-refractivity contribution in [3.8, 4) is 0 Å². The molecule has 0 unspecified atom stereocenters. The van der Waals surface area contributed by atoms with Crippen LogP contribution in [0.15, 0.2) is 18.7 Å². The van der Waals surface area contributed by atoms with Gasteiger partial charge in [0, 0.05) is 25.5 Å². The molecule has 4 heteroatoms. The van der Waals surface area contributed by atoms with Gasteiger partial charge in [-0.2, -0.15) is 0 Å². The van der Waals surface area contributed by atoms with E-state index in [9.17, 15) is 4.79 Å². The lowest BCUT2D eigenvalue weighted by atomic mass is 10.0. The van der Waals surface area contributed by atoms with Gasteiger partial charge in [0.15, 0.2) is 0 Å². The molecule has 90 valence electrons. The van der Waals surface area contributed by atoms with E-state index in [2.05, 4.69) is 18.8 Å². The lowest BCUT2D eigenvalue weighted by molar-refractivity contribution is 0.190. The molecule has 0 aliphatic carbocycles. The van der Waals surface area contributed by atoms with Gasteiger partial charge < -0.3 is 4.90 Å². The fourth-order valence-electron chi connectivity index (χ4n) is 1.74. The van der Waals surface area contributed by atoms with Crippen LogP contribution in [0.4, 0.5) is 4.79 Å². The third-order valence-corrected chi connectivity index (χ3v) is 3.01. The molecular weight excluding hydrogens is 202 g/mol. The summed E-state index contributed by atoms with van der Waals surface area (Å²) in [6.45, 7) is 7.93. The molecule has 0 saturated carbocycles. The first kappa shape index (κ1) is 12.7. The number of carbonyl (C=O) groups is 1. The van der Waals surface area contributed by atoms with Crippen LogP contribution in [0.3, 0.4) is 0 Å². The molecule has 0 radical (unpaired) electrons. The van der Waals surface area contributed by atoms with Crippen LogP contribution in [0.2, 0.25) is 0 Å². The molecular formula is C12H21N3O. The van der Waals surface area contributed by atoms with Crippen molar-refractivity contribution in [3.63, 3.8) is 0 Å². The number of nitrogens with zero attached hydrogens (tertiary/aromatic N) is 3. The van der Waals surface area contributed by atoms with E-state index in [1.807, 2.05) is 11.8 Å². The lowest BCUT2D eigenvalue weighted by Gasteiger charge is -2.25. The average molecular weight is 223 g/mol. The molecule has 0 aliphatic rings. The Morgan fingerprint density at radius 3 is 2.50 bits per heavy atom. The number of amides is 1. The molecule has 0 saturated heterocycles. The Balaban J connectivity index is 2.64. The third kappa shape index (κ3) is 3.08. The highest BCUT2D eigenvalue weighted by Crippen LogP contribution is 2.10. The van der Waals surface area contributed by atoms with Crippen molar-refractivity contribution in [2.45, 2.75) is 33.6 Å². The Kier molecular flexibility index (Phi) is 5.02. The monoisotopic (exact) mass is 223 g/mol. The second-order valence-electron chi connectivity index (χ2n) is 3.97. The van der Waals surface area contributed by atoms with Crippen molar-refractivity contribution in [3.05, 3.63) is 18.7 Å². The fourth-order valence-corrected chi connectivity index (χ4v) is 1.74. The molecule has 4 nitrogen and oxygen atoms in total. The number of imidazole rings is 1. The van der Waals surface area contributed by atoms with Gasteiger partial charge in [0.25, 0.3) is 0 Å². The Morgan fingerprint density at radius 1 is 1.38 bits per heavy atom. The largest absolute Gasteiger partial charge is 0.329 e. The van der Waals surface area contributed by atoms with Gasteiger partial charge >= 0.3 is 6.03 Å². The molecule has 0 spiro atoms. The smallest absolute Gasteiger partial charge is 0.324 e. The normalized spacial score (nSPS) is 10.8. The van der Waals surface area contributed by atoms with Crippen LogP contribution in [0.1, 0.15) is 33.6 Å². The molecule has 1 heterocycles. The molecule has 0 fully saturated rings. The first-order valence-electron chi connectivity index (χ1n) is 6.00. The minimum absolute atomic E-state index is 0.0203. The van der Waals surface area contributed by atoms with Crippen molar-refractivity contribution >= 4 is 6.03 Å². The van der Waals surface area contributed by atoms with Crippen molar-refractivity contribution in [2.24, 2.45) is 5.92 Å². The van der Waals surface area contributed by atoms with Crippen LogP contribution in [0, 0.1) is 5.92 Å². The zero-order valence-corrected chi connectivity index (χ0v) is 10.4. The van der Waals surface area contributed by atoms with E-state index in [0.717, 1.165) is 25.9 Å². The quantitative estimate of drug-likeness (QED) is 0.769. The zero-order valence-electron chi connectivity index (χ0n) is 10.4. The first-order chi connectivity index (χ1) is 7.72. The number of carbonyl (C=O) groups excluding carboxylic acids is 1. The Hall–Kier alpha value is -1.32.